The van der Waals surface area contributed by atoms with E-state index in [-0.39, 0.29) is 5.91 Å². The molecule has 25 heavy (non-hydrogen) atoms. The van der Waals surface area contributed by atoms with E-state index in [9.17, 15) is 4.79 Å². The molecule has 0 unspecified atom stereocenters. The van der Waals surface area contributed by atoms with Crippen LogP contribution in [0, 0.1) is 0 Å². The molecule has 0 aromatic heterocycles. The van der Waals surface area contributed by atoms with E-state index >= 15 is 0 Å². The number of benzene rings is 2. The van der Waals surface area contributed by atoms with Gasteiger partial charge in [0.25, 0.3) is 5.91 Å². The average Bonchev–Trinajstić information content (AvgIpc) is 2.67. The molecule has 0 spiro atoms. The van der Waals surface area contributed by atoms with Crippen LogP contribution in [0.25, 0.3) is 0 Å². The predicted molar refractivity (Wildman–Crippen MR) is 103 cm³/mol. The van der Waals surface area contributed by atoms with Crippen molar-refractivity contribution in [2.75, 3.05) is 24.5 Å². The molecular formula is C21H23ClN2O. The van der Waals surface area contributed by atoms with Crippen molar-refractivity contribution in [3.8, 4) is 0 Å². The van der Waals surface area contributed by atoms with E-state index in [1.54, 1.807) is 0 Å². The molecule has 1 fully saturated rings. The van der Waals surface area contributed by atoms with E-state index < -0.39 is 0 Å². The lowest BCUT2D eigenvalue weighted by Crippen LogP contribution is -2.35. The fraction of sp³-hybridized carbons (Fsp3) is 0.381. The Morgan fingerprint density at radius 2 is 1.76 bits per heavy atom. The maximum absolute atomic E-state index is 12.8. The van der Waals surface area contributed by atoms with Crippen molar-refractivity contribution in [1.82, 2.24) is 4.90 Å². The molecule has 0 saturated carbocycles. The predicted octanol–water partition coefficient (Wildman–Crippen LogP) is 5.05. The maximum Gasteiger partial charge on any atom is 0.253 e. The summed E-state index contributed by atoms with van der Waals surface area (Å²) in [5, 5.41) is 0.751. The molecule has 0 bridgehead atoms. The lowest BCUT2D eigenvalue weighted by molar-refractivity contribution is 0.0724. The Hall–Kier alpha value is -2.00. The van der Waals surface area contributed by atoms with Crippen molar-refractivity contribution >= 4 is 28.9 Å². The first-order valence-corrected chi connectivity index (χ1v) is 9.55. The number of carbonyl (C=O) groups excluding carboxylic acids is 1. The number of anilines is 2. The lowest BCUT2D eigenvalue weighted by atomic mass is 9.97. The molecule has 2 aliphatic heterocycles. The van der Waals surface area contributed by atoms with E-state index in [0.717, 1.165) is 61.6 Å². The molecule has 4 rings (SSSR count). The van der Waals surface area contributed by atoms with Gasteiger partial charge in [-0.3, -0.25) is 4.79 Å². The Labute approximate surface area is 154 Å². The minimum Gasteiger partial charge on any atom is -0.341 e. The molecule has 130 valence electrons. The average molecular weight is 355 g/mol. The van der Waals surface area contributed by atoms with Crippen LogP contribution in [-0.4, -0.2) is 30.4 Å². The molecular weight excluding hydrogens is 332 g/mol. The highest BCUT2D eigenvalue weighted by molar-refractivity contribution is 6.30. The zero-order valence-electron chi connectivity index (χ0n) is 14.4. The Balaban J connectivity index is 1.63. The third-order valence-electron chi connectivity index (χ3n) is 5.21. The van der Waals surface area contributed by atoms with Gasteiger partial charge in [-0.2, -0.15) is 0 Å². The summed E-state index contributed by atoms with van der Waals surface area (Å²) in [7, 11) is 0. The van der Waals surface area contributed by atoms with E-state index in [1.807, 2.05) is 29.2 Å². The normalized spacial score (nSPS) is 17.3. The molecule has 0 N–H and O–H groups in total. The van der Waals surface area contributed by atoms with Crippen LogP contribution in [-0.2, 0) is 6.42 Å². The van der Waals surface area contributed by atoms with Gasteiger partial charge in [-0.05, 0) is 74.1 Å². The molecule has 0 aliphatic carbocycles. The minimum absolute atomic E-state index is 0.183. The molecule has 0 radical (unpaired) electrons. The Bertz CT molecular complexity index is 783. The number of aryl methyl sites for hydroxylation is 1. The largest absolute Gasteiger partial charge is 0.341 e. The van der Waals surface area contributed by atoms with Crippen molar-refractivity contribution in [2.45, 2.75) is 32.1 Å². The fourth-order valence-electron chi connectivity index (χ4n) is 3.92. The zero-order chi connectivity index (χ0) is 17.2. The van der Waals surface area contributed by atoms with Gasteiger partial charge in [0.2, 0.25) is 0 Å². The first-order chi connectivity index (χ1) is 12.2. The number of amides is 1. The smallest absolute Gasteiger partial charge is 0.253 e. The van der Waals surface area contributed by atoms with E-state index in [4.69, 9.17) is 11.6 Å². The number of nitrogens with zero attached hydrogens (tertiary/aromatic N) is 2. The highest BCUT2D eigenvalue weighted by atomic mass is 35.5. The first kappa shape index (κ1) is 16.5. The quantitative estimate of drug-likeness (QED) is 0.753. The molecule has 2 aromatic rings. The van der Waals surface area contributed by atoms with Crippen molar-refractivity contribution in [2.24, 2.45) is 0 Å². The molecule has 3 nitrogen and oxygen atoms in total. The summed E-state index contributed by atoms with van der Waals surface area (Å²) in [5.41, 5.74) is 4.40. The number of carbonyl (C=O) groups is 1. The maximum atomic E-state index is 12.8. The topological polar surface area (TPSA) is 23.6 Å². The summed E-state index contributed by atoms with van der Waals surface area (Å²) < 4.78 is 0. The summed E-state index contributed by atoms with van der Waals surface area (Å²) in [4.78, 5) is 17.1. The number of halogens is 1. The van der Waals surface area contributed by atoms with Crippen molar-refractivity contribution < 1.29 is 4.79 Å². The molecule has 1 amide bonds. The van der Waals surface area contributed by atoms with Gasteiger partial charge in [0.15, 0.2) is 0 Å². The van der Waals surface area contributed by atoms with Crippen LogP contribution in [0.15, 0.2) is 42.5 Å². The van der Waals surface area contributed by atoms with Crippen LogP contribution in [0.3, 0.4) is 0 Å². The minimum atomic E-state index is 0.183. The number of hydrogen-bond acceptors (Lipinski definition) is 2. The summed E-state index contributed by atoms with van der Waals surface area (Å²) in [6.45, 7) is 2.77. The van der Waals surface area contributed by atoms with Crippen LogP contribution in [0.2, 0.25) is 5.02 Å². The fourth-order valence-corrected chi connectivity index (χ4v) is 4.11. The first-order valence-electron chi connectivity index (χ1n) is 9.18. The van der Waals surface area contributed by atoms with E-state index in [1.165, 1.54) is 17.7 Å². The number of likely N-dealkylation sites (tertiary alicyclic amines) is 1. The molecule has 2 aliphatic rings. The van der Waals surface area contributed by atoms with Crippen molar-refractivity contribution in [3.63, 3.8) is 0 Å². The van der Waals surface area contributed by atoms with E-state index in [2.05, 4.69) is 23.1 Å². The molecule has 2 aromatic carbocycles. The van der Waals surface area contributed by atoms with Gasteiger partial charge < -0.3 is 9.80 Å². The Kier molecular flexibility index (Phi) is 4.67. The van der Waals surface area contributed by atoms with Crippen LogP contribution in [0.1, 0.15) is 41.6 Å². The third kappa shape index (κ3) is 3.38. The molecule has 1 saturated heterocycles. The van der Waals surface area contributed by atoms with Crippen LogP contribution in [0.5, 0.6) is 0 Å². The van der Waals surface area contributed by atoms with Gasteiger partial charge in [-0.25, -0.2) is 0 Å². The molecule has 4 heteroatoms. The van der Waals surface area contributed by atoms with Crippen molar-refractivity contribution in [1.29, 1.82) is 0 Å². The summed E-state index contributed by atoms with van der Waals surface area (Å²) in [6, 6.07) is 14.2. The standard InChI is InChI=1S/C21H23ClN2O/c22-18-7-4-8-19(15-18)24-13-5-6-16-14-17(9-10-20(16)24)21(25)23-11-2-1-3-12-23/h4,7-10,14-15H,1-3,5-6,11-13H2. The summed E-state index contributed by atoms with van der Waals surface area (Å²) >= 11 is 6.17. The van der Waals surface area contributed by atoms with Crippen LogP contribution >= 0.6 is 11.6 Å². The Morgan fingerprint density at radius 3 is 2.56 bits per heavy atom. The number of hydrogen-bond donors (Lipinski definition) is 0. The lowest BCUT2D eigenvalue weighted by Gasteiger charge is -2.32. The van der Waals surface area contributed by atoms with Gasteiger partial charge in [0, 0.05) is 41.6 Å². The number of piperidine rings is 1. The molecule has 2 heterocycles. The van der Waals surface area contributed by atoms with Gasteiger partial charge >= 0.3 is 0 Å². The van der Waals surface area contributed by atoms with Crippen LogP contribution < -0.4 is 4.90 Å². The zero-order valence-corrected chi connectivity index (χ0v) is 15.1. The van der Waals surface area contributed by atoms with Gasteiger partial charge in [-0.1, -0.05) is 17.7 Å². The van der Waals surface area contributed by atoms with Gasteiger partial charge in [0.05, 0.1) is 0 Å². The third-order valence-corrected chi connectivity index (χ3v) is 5.44. The second-order valence-electron chi connectivity index (χ2n) is 6.93. The second-order valence-corrected chi connectivity index (χ2v) is 7.37. The summed E-state index contributed by atoms with van der Waals surface area (Å²) in [5.74, 6) is 0.183. The monoisotopic (exact) mass is 354 g/mol. The highest BCUT2D eigenvalue weighted by Gasteiger charge is 2.22. The Morgan fingerprint density at radius 1 is 0.920 bits per heavy atom. The van der Waals surface area contributed by atoms with Gasteiger partial charge in [0.1, 0.15) is 0 Å². The second kappa shape index (κ2) is 7.09. The summed E-state index contributed by atoms with van der Waals surface area (Å²) in [6.07, 6.45) is 5.59. The molecule has 0 atom stereocenters. The van der Waals surface area contributed by atoms with Gasteiger partial charge in [-0.15, -0.1) is 0 Å². The SMILES string of the molecule is O=C(c1ccc2c(c1)CCCN2c1cccc(Cl)c1)N1CCCCC1. The highest BCUT2D eigenvalue weighted by Crippen LogP contribution is 2.35. The van der Waals surface area contributed by atoms with E-state index in [0.29, 0.717) is 0 Å². The van der Waals surface area contributed by atoms with Crippen molar-refractivity contribution in [3.05, 3.63) is 58.6 Å². The number of rotatable bonds is 2. The number of fused-ring (bicyclic) bond motifs is 1. The van der Waals surface area contributed by atoms with Crippen LogP contribution in [0.4, 0.5) is 11.4 Å².